The van der Waals surface area contributed by atoms with E-state index in [1.54, 1.807) is 12.3 Å². The number of nitriles is 1. The summed E-state index contributed by atoms with van der Waals surface area (Å²) in [6.07, 6.45) is 4.40. The van der Waals surface area contributed by atoms with Crippen LogP contribution in [0.3, 0.4) is 0 Å². The highest BCUT2D eigenvalue weighted by Crippen LogP contribution is 2.19. The summed E-state index contributed by atoms with van der Waals surface area (Å²) in [5.41, 5.74) is 2.91. The lowest BCUT2D eigenvalue weighted by molar-refractivity contribution is 0.112. The average molecular weight is 261 g/mol. The van der Waals surface area contributed by atoms with Gasteiger partial charge in [-0.15, -0.1) is 0 Å². The Morgan fingerprint density at radius 3 is 3.00 bits per heavy atom. The minimum atomic E-state index is 0.431. The van der Waals surface area contributed by atoms with Gasteiger partial charge in [0.15, 0.2) is 0 Å². The molecule has 96 valence electrons. The van der Waals surface area contributed by atoms with E-state index in [0.29, 0.717) is 17.8 Å². The second kappa shape index (κ2) is 4.98. The summed E-state index contributed by atoms with van der Waals surface area (Å²) in [6.45, 7) is 0.558. The zero-order valence-electron chi connectivity index (χ0n) is 10.7. The lowest BCUT2D eigenvalue weighted by Crippen LogP contribution is -2.01. The van der Waals surface area contributed by atoms with Crippen molar-refractivity contribution in [3.63, 3.8) is 0 Å². The van der Waals surface area contributed by atoms with Gasteiger partial charge in [-0.05, 0) is 23.6 Å². The summed E-state index contributed by atoms with van der Waals surface area (Å²) >= 11 is 0. The number of carbonyl (C=O) groups is 1. The topological polar surface area (TPSA) is 58.7 Å². The van der Waals surface area contributed by atoms with Gasteiger partial charge in [0.05, 0.1) is 6.54 Å². The van der Waals surface area contributed by atoms with E-state index in [1.807, 2.05) is 41.1 Å². The maximum atomic E-state index is 10.9. The molecule has 2 aromatic heterocycles. The molecule has 0 N–H and O–H groups in total. The van der Waals surface area contributed by atoms with Gasteiger partial charge < -0.3 is 4.57 Å². The van der Waals surface area contributed by atoms with E-state index in [0.717, 1.165) is 22.8 Å². The van der Waals surface area contributed by atoms with Crippen molar-refractivity contribution in [2.45, 2.75) is 6.54 Å². The lowest BCUT2D eigenvalue weighted by Gasteiger charge is -2.07. The van der Waals surface area contributed by atoms with Gasteiger partial charge >= 0.3 is 0 Å². The van der Waals surface area contributed by atoms with Crippen LogP contribution >= 0.6 is 0 Å². The Balaban J connectivity index is 2.07. The first-order valence-electron chi connectivity index (χ1n) is 6.20. The molecule has 4 nitrogen and oxygen atoms in total. The van der Waals surface area contributed by atoms with Crippen LogP contribution in [0.1, 0.15) is 21.6 Å². The van der Waals surface area contributed by atoms with Crippen molar-refractivity contribution in [2.75, 3.05) is 0 Å². The van der Waals surface area contributed by atoms with E-state index in [-0.39, 0.29) is 0 Å². The fourth-order valence-corrected chi connectivity index (χ4v) is 2.26. The Morgan fingerprint density at radius 1 is 1.30 bits per heavy atom. The normalized spacial score (nSPS) is 10.3. The van der Waals surface area contributed by atoms with Crippen molar-refractivity contribution >= 4 is 17.2 Å². The van der Waals surface area contributed by atoms with Gasteiger partial charge in [0.25, 0.3) is 0 Å². The Morgan fingerprint density at radius 2 is 2.20 bits per heavy atom. The molecule has 0 saturated carbocycles. The molecule has 1 aromatic carbocycles. The highest BCUT2D eigenvalue weighted by Gasteiger charge is 2.06. The number of fused-ring (bicyclic) bond motifs is 1. The monoisotopic (exact) mass is 261 g/mol. The number of carbonyl (C=O) groups excluding carboxylic acids is 1. The first-order chi connectivity index (χ1) is 9.81. The Labute approximate surface area is 115 Å². The van der Waals surface area contributed by atoms with Gasteiger partial charge in [-0.25, -0.2) is 4.98 Å². The Hall–Kier alpha value is -2.93. The molecular weight excluding hydrogens is 250 g/mol. The molecular formula is C16H11N3O. The summed E-state index contributed by atoms with van der Waals surface area (Å²) in [7, 11) is 0. The molecule has 0 bridgehead atoms. The molecule has 0 fully saturated rings. The van der Waals surface area contributed by atoms with Crippen LogP contribution in [0.15, 0.2) is 48.8 Å². The van der Waals surface area contributed by atoms with Crippen LogP contribution in [-0.2, 0) is 6.54 Å². The van der Waals surface area contributed by atoms with E-state index in [9.17, 15) is 4.79 Å². The standard InChI is InChI=1S/C16H11N3O/c17-9-15-14(2-1-6-18-15)10-19-7-5-13-4-3-12(11-20)8-16(13)19/h1-8,11H,10H2. The Bertz CT molecular complexity index is 827. The zero-order valence-corrected chi connectivity index (χ0v) is 10.7. The zero-order chi connectivity index (χ0) is 13.9. The highest BCUT2D eigenvalue weighted by atomic mass is 16.1. The number of hydrogen-bond donors (Lipinski definition) is 0. The molecule has 0 aliphatic heterocycles. The molecule has 0 aliphatic carbocycles. The van der Waals surface area contributed by atoms with Crippen molar-refractivity contribution < 1.29 is 4.79 Å². The van der Waals surface area contributed by atoms with Gasteiger partial charge in [-0.3, -0.25) is 4.79 Å². The van der Waals surface area contributed by atoms with Gasteiger partial charge in [0, 0.05) is 29.0 Å². The quantitative estimate of drug-likeness (QED) is 0.681. The number of nitrogens with zero attached hydrogens (tertiary/aromatic N) is 3. The highest BCUT2D eigenvalue weighted by molar-refractivity contribution is 5.87. The van der Waals surface area contributed by atoms with E-state index < -0.39 is 0 Å². The van der Waals surface area contributed by atoms with Crippen LogP contribution in [0.2, 0.25) is 0 Å². The Kier molecular flexibility index (Phi) is 3.02. The molecule has 3 aromatic rings. The number of pyridine rings is 1. The molecule has 0 spiro atoms. The predicted octanol–water partition coefficient (Wildman–Crippen LogP) is 2.77. The summed E-state index contributed by atoms with van der Waals surface area (Å²) in [4.78, 5) is 14.9. The van der Waals surface area contributed by atoms with E-state index >= 15 is 0 Å². The maximum absolute atomic E-state index is 10.9. The van der Waals surface area contributed by atoms with Gasteiger partial charge in [-0.1, -0.05) is 18.2 Å². The third kappa shape index (κ3) is 2.06. The van der Waals surface area contributed by atoms with Crippen LogP contribution < -0.4 is 0 Å². The largest absolute Gasteiger partial charge is 0.343 e. The van der Waals surface area contributed by atoms with Crippen molar-refractivity contribution in [1.29, 1.82) is 5.26 Å². The van der Waals surface area contributed by atoms with E-state index in [2.05, 4.69) is 11.1 Å². The summed E-state index contributed by atoms with van der Waals surface area (Å²) in [5, 5.41) is 10.1. The number of hydrogen-bond acceptors (Lipinski definition) is 3. The minimum Gasteiger partial charge on any atom is -0.343 e. The van der Waals surface area contributed by atoms with Crippen LogP contribution in [0.25, 0.3) is 10.9 Å². The number of aromatic nitrogens is 2. The molecule has 0 amide bonds. The summed E-state index contributed by atoms with van der Waals surface area (Å²) in [6, 6.07) is 13.4. The van der Waals surface area contributed by atoms with Gasteiger partial charge in [-0.2, -0.15) is 5.26 Å². The fourth-order valence-electron chi connectivity index (χ4n) is 2.26. The molecule has 0 radical (unpaired) electrons. The average Bonchev–Trinajstić information content (AvgIpc) is 2.90. The van der Waals surface area contributed by atoms with E-state index in [4.69, 9.17) is 5.26 Å². The molecule has 0 unspecified atom stereocenters. The van der Waals surface area contributed by atoms with Crippen molar-refractivity contribution in [3.8, 4) is 6.07 Å². The summed E-state index contributed by atoms with van der Waals surface area (Å²) < 4.78 is 2.01. The second-order valence-electron chi connectivity index (χ2n) is 4.50. The smallest absolute Gasteiger partial charge is 0.150 e. The fraction of sp³-hybridized carbons (Fsp3) is 0.0625. The van der Waals surface area contributed by atoms with Crippen LogP contribution in [0.5, 0.6) is 0 Å². The number of benzene rings is 1. The summed E-state index contributed by atoms with van der Waals surface area (Å²) in [5.74, 6) is 0. The van der Waals surface area contributed by atoms with Crippen molar-refractivity contribution in [1.82, 2.24) is 9.55 Å². The van der Waals surface area contributed by atoms with Gasteiger partial charge in [0.1, 0.15) is 18.0 Å². The number of aldehydes is 1. The molecule has 20 heavy (non-hydrogen) atoms. The van der Waals surface area contributed by atoms with E-state index in [1.165, 1.54) is 0 Å². The minimum absolute atomic E-state index is 0.431. The third-order valence-corrected chi connectivity index (χ3v) is 3.27. The SMILES string of the molecule is N#Cc1ncccc1Cn1ccc2ccc(C=O)cc21. The lowest BCUT2D eigenvalue weighted by atomic mass is 10.1. The molecule has 2 heterocycles. The molecule has 0 atom stereocenters. The van der Waals surface area contributed by atoms with Crippen molar-refractivity contribution in [2.24, 2.45) is 0 Å². The second-order valence-corrected chi connectivity index (χ2v) is 4.50. The first kappa shape index (κ1) is 12.1. The first-order valence-corrected chi connectivity index (χ1v) is 6.20. The molecule has 0 aliphatic rings. The molecule has 4 heteroatoms. The van der Waals surface area contributed by atoms with Crippen LogP contribution in [-0.4, -0.2) is 15.8 Å². The molecule has 3 rings (SSSR count). The molecule has 0 saturated heterocycles. The maximum Gasteiger partial charge on any atom is 0.150 e. The van der Waals surface area contributed by atoms with Crippen LogP contribution in [0.4, 0.5) is 0 Å². The third-order valence-electron chi connectivity index (χ3n) is 3.27. The number of rotatable bonds is 3. The van der Waals surface area contributed by atoms with Gasteiger partial charge in [0.2, 0.25) is 0 Å². The van der Waals surface area contributed by atoms with Crippen LogP contribution in [0, 0.1) is 11.3 Å². The predicted molar refractivity (Wildman–Crippen MR) is 75.4 cm³/mol. The van der Waals surface area contributed by atoms with Crippen molar-refractivity contribution in [3.05, 3.63) is 65.6 Å².